The number of carbonyl (C=O) groups is 1. The van der Waals surface area contributed by atoms with Gasteiger partial charge in [0.2, 0.25) is 0 Å². The van der Waals surface area contributed by atoms with Gasteiger partial charge in [-0.25, -0.2) is 0 Å². The lowest BCUT2D eigenvalue weighted by molar-refractivity contribution is -0.386. The first kappa shape index (κ1) is 20.5. The fraction of sp³-hybridized carbons (Fsp3) is 0.533. The number of hydrogen-bond acceptors (Lipinski definition) is 5. The van der Waals surface area contributed by atoms with Gasteiger partial charge in [-0.3, -0.25) is 14.9 Å². The van der Waals surface area contributed by atoms with Crippen molar-refractivity contribution in [3.05, 3.63) is 33.3 Å². The van der Waals surface area contributed by atoms with Crippen LogP contribution < -0.4 is 10.1 Å². The molecule has 2 rings (SSSR count). The number of nitrogens with one attached hydrogen (secondary N) is 1. The van der Waals surface area contributed by atoms with Gasteiger partial charge in [-0.2, -0.15) is 0 Å². The van der Waals surface area contributed by atoms with E-state index in [1.54, 1.807) is 11.8 Å². The van der Waals surface area contributed by atoms with Gasteiger partial charge in [-0.1, -0.05) is 11.6 Å². The molecular weight excluding hydrogens is 357 g/mol. The summed E-state index contributed by atoms with van der Waals surface area (Å²) in [7, 11) is 1.85. The third-order valence-corrected chi connectivity index (χ3v) is 4.10. The van der Waals surface area contributed by atoms with Crippen LogP contribution in [0, 0.1) is 10.1 Å². The Kier molecular flexibility index (Phi) is 7.72. The summed E-state index contributed by atoms with van der Waals surface area (Å²) in [6.07, 6.45) is 1.10. The average Bonchev–Trinajstić information content (AvgIpc) is 2.96. The number of nitrogens with zero attached hydrogens (tertiary/aromatic N) is 2. The molecule has 0 aromatic heterocycles. The topological polar surface area (TPSA) is 84.7 Å². The summed E-state index contributed by atoms with van der Waals surface area (Å²) in [4.78, 5) is 24.9. The number of likely N-dealkylation sites (tertiary alicyclic amines) is 1. The van der Waals surface area contributed by atoms with Crippen LogP contribution in [0.15, 0.2) is 18.2 Å². The van der Waals surface area contributed by atoms with Crippen LogP contribution in [-0.4, -0.2) is 48.0 Å². The van der Waals surface area contributed by atoms with E-state index in [0.29, 0.717) is 6.54 Å². The second kappa shape index (κ2) is 9.05. The molecule has 2 atom stereocenters. The summed E-state index contributed by atoms with van der Waals surface area (Å²) in [5.41, 5.74) is -0.245. The van der Waals surface area contributed by atoms with Crippen molar-refractivity contribution in [1.29, 1.82) is 0 Å². The lowest BCUT2D eigenvalue weighted by Crippen LogP contribution is -2.46. The predicted molar refractivity (Wildman–Crippen MR) is 94.1 cm³/mol. The van der Waals surface area contributed by atoms with Crippen molar-refractivity contribution < 1.29 is 14.5 Å². The van der Waals surface area contributed by atoms with E-state index in [9.17, 15) is 14.9 Å². The van der Waals surface area contributed by atoms with Crippen molar-refractivity contribution in [3.63, 3.8) is 0 Å². The van der Waals surface area contributed by atoms with Gasteiger partial charge in [-0.15, -0.1) is 12.4 Å². The molecule has 0 radical (unpaired) electrons. The van der Waals surface area contributed by atoms with Crippen molar-refractivity contribution in [3.8, 4) is 5.75 Å². The van der Waals surface area contributed by atoms with Crippen LogP contribution in [0.2, 0.25) is 5.02 Å². The molecule has 0 spiro atoms. The monoisotopic (exact) mass is 377 g/mol. The van der Waals surface area contributed by atoms with E-state index in [1.807, 2.05) is 7.05 Å². The lowest BCUT2D eigenvalue weighted by atomic mass is 10.2. The van der Waals surface area contributed by atoms with Crippen LogP contribution in [-0.2, 0) is 4.79 Å². The predicted octanol–water partition coefficient (Wildman–Crippen LogP) is 2.65. The number of nitro groups is 1. The zero-order chi connectivity index (χ0) is 17.0. The van der Waals surface area contributed by atoms with E-state index >= 15 is 0 Å². The van der Waals surface area contributed by atoms with Crippen LogP contribution in [0.5, 0.6) is 5.75 Å². The van der Waals surface area contributed by atoms with Crippen LogP contribution >= 0.6 is 24.0 Å². The molecule has 1 amide bonds. The number of rotatable bonds is 6. The normalized spacial score (nSPS) is 18.0. The maximum Gasteiger partial charge on any atom is 0.312 e. The molecular formula is C15H21Cl2N3O4. The maximum absolute atomic E-state index is 12.6. The van der Waals surface area contributed by atoms with Gasteiger partial charge in [-0.05, 0) is 38.9 Å². The summed E-state index contributed by atoms with van der Waals surface area (Å²) >= 11 is 5.78. The van der Waals surface area contributed by atoms with Crippen LogP contribution in [0.4, 0.5) is 5.69 Å². The quantitative estimate of drug-likeness (QED) is 0.608. The summed E-state index contributed by atoms with van der Waals surface area (Å²) in [6.45, 7) is 3.01. The van der Waals surface area contributed by atoms with E-state index < -0.39 is 11.0 Å². The SMILES string of the molecule is CNCC1CCCN1C(=O)C(C)Oc1ccc(Cl)cc1[N+](=O)[O-].Cl. The largest absolute Gasteiger partial charge is 0.474 e. The second-order valence-electron chi connectivity index (χ2n) is 5.51. The number of benzene rings is 1. The molecule has 134 valence electrons. The van der Waals surface area contributed by atoms with Gasteiger partial charge in [0.1, 0.15) is 0 Å². The molecule has 1 aliphatic heterocycles. The number of nitro benzene ring substituents is 1. The molecule has 1 N–H and O–H groups in total. The van der Waals surface area contributed by atoms with Gasteiger partial charge in [0.25, 0.3) is 5.91 Å². The van der Waals surface area contributed by atoms with E-state index in [0.717, 1.165) is 19.4 Å². The highest BCUT2D eigenvalue weighted by Crippen LogP contribution is 2.31. The van der Waals surface area contributed by atoms with Gasteiger partial charge in [0.05, 0.1) is 4.92 Å². The smallest absolute Gasteiger partial charge is 0.312 e. The van der Waals surface area contributed by atoms with Gasteiger partial charge in [0.15, 0.2) is 11.9 Å². The van der Waals surface area contributed by atoms with E-state index in [-0.39, 0.29) is 40.8 Å². The maximum atomic E-state index is 12.6. The van der Waals surface area contributed by atoms with Crippen LogP contribution in [0.3, 0.4) is 0 Å². The molecule has 1 saturated heterocycles. The minimum absolute atomic E-state index is 0. The van der Waals surface area contributed by atoms with Crippen LogP contribution in [0.25, 0.3) is 0 Å². The van der Waals surface area contributed by atoms with E-state index in [2.05, 4.69) is 5.32 Å². The molecule has 2 unspecified atom stereocenters. The Labute approximate surface area is 151 Å². The van der Waals surface area contributed by atoms with Crippen molar-refractivity contribution in [2.45, 2.75) is 31.9 Å². The standard InChI is InChI=1S/C15H20ClN3O4.ClH/c1-10(15(20)18-7-3-4-12(18)9-17-2)23-14-6-5-11(16)8-13(14)19(21)22;/h5-6,8,10,12,17H,3-4,7,9H2,1-2H3;1H. The Morgan fingerprint density at radius 1 is 1.58 bits per heavy atom. The van der Waals surface area contributed by atoms with Gasteiger partial charge < -0.3 is 15.0 Å². The Balaban J connectivity index is 0.00000288. The minimum atomic E-state index is -0.799. The molecule has 0 saturated carbocycles. The number of ether oxygens (including phenoxy) is 1. The van der Waals surface area contributed by atoms with Crippen LogP contribution in [0.1, 0.15) is 19.8 Å². The third kappa shape index (κ3) is 4.72. The highest BCUT2D eigenvalue weighted by molar-refractivity contribution is 6.30. The number of carbonyl (C=O) groups excluding carboxylic acids is 1. The first-order valence-corrected chi connectivity index (χ1v) is 7.87. The second-order valence-corrected chi connectivity index (χ2v) is 5.95. The number of likely N-dealkylation sites (N-methyl/N-ethyl adjacent to an activating group) is 1. The Hall–Kier alpha value is -1.57. The minimum Gasteiger partial charge on any atom is -0.474 e. The Morgan fingerprint density at radius 2 is 2.29 bits per heavy atom. The number of halogens is 2. The molecule has 9 heteroatoms. The zero-order valence-corrected chi connectivity index (χ0v) is 15.1. The summed E-state index contributed by atoms with van der Waals surface area (Å²) in [5, 5.41) is 14.4. The highest BCUT2D eigenvalue weighted by Gasteiger charge is 2.32. The summed E-state index contributed by atoms with van der Waals surface area (Å²) in [5.74, 6) is -0.114. The first-order chi connectivity index (χ1) is 10.9. The number of amides is 1. The van der Waals surface area contributed by atoms with Gasteiger partial charge >= 0.3 is 5.69 Å². The molecule has 1 aliphatic rings. The van der Waals surface area contributed by atoms with E-state index in [4.69, 9.17) is 16.3 Å². The van der Waals surface area contributed by atoms with Crippen molar-refractivity contribution in [2.24, 2.45) is 0 Å². The Bertz CT molecular complexity index is 600. The highest BCUT2D eigenvalue weighted by atomic mass is 35.5. The third-order valence-electron chi connectivity index (χ3n) is 3.87. The lowest BCUT2D eigenvalue weighted by Gasteiger charge is -2.27. The molecule has 7 nitrogen and oxygen atoms in total. The Morgan fingerprint density at radius 3 is 2.92 bits per heavy atom. The molecule has 1 heterocycles. The summed E-state index contributed by atoms with van der Waals surface area (Å²) in [6, 6.07) is 4.27. The molecule has 0 aliphatic carbocycles. The van der Waals surface area contributed by atoms with Crippen molar-refractivity contribution in [1.82, 2.24) is 10.2 Å². The number of hydrogen-bond donors (Lipinski definition) is 1. The average molecular weight is 378 g/mol. The molecule has 1 aromatic rings. The fourth-order valence-electron chi connectivity index (χ4n) is 2.78. The molecule has 24 heavy (non-hydrogen) atoms. The van der Waals surface area contributed by atoms with Gasteiger partial charge in [0, 0.05) is 30.2 Å². The molecule has 1 fully saturated rings. The fourth-order valence-corrected chi connectivity index (χ4v) is 2.95. The molecule has 1 aromatic carbocycles. The van der Waals surface area contributed by atoms with Crippen molar-refractivity contribution in [2.75, 3.05) is 20.1 Å². The van der Waals surface area contributed by atoms with Crippen molar-refractivity contribution >= 4 is 35.6 Å². The summed E-state index contributed by atoms with van der Waals surface area (Å²) < 4.78 is 5.55. The molecule has 0 bridgehead atoms. The van der Waals surface area contributed by atoms with E-state index in [1.165, 1.54) is 18.2 Å². The zero-order valence-electron chi connectivity index (χ0n) is 13.5. The first-order valence-electron chi connectivity index (χ1n) is 7.49.